The minimum atomic E-state index is 0.161. The van der Waals surface area contributed by atoms with Crippen molar-refractivity contribution >= 4 is 11.0 Å². The van der Waals surface area contributed by atoms with Crippen LogP contribution >= 0.6 is 0 Å². The maximum atomic E-state index is 4.33. The second kappa shape index (κ2) is 4.16. The number of aromatic amines is 1. The standard InChI is InChI=1S/C15H16N4/c1-15(2,3)11-6-4-10(5-7-11)13-14-12(18-19-13)8-16-9-17-14/h4-9H,1-3H3,(H,18,19). The molecule has 96 valence electrons. The second-order valence-electron chi connectivity index (χ2n) is 5.68. The van der Waals surface area contributed by atoms with Crippen LogP contribution in [0.5, 0.6) is 0 Å². The Kier molecular flexibility index (Phi) is 2.59. The summed E-state index contributed by atoms with van der Waals surface area (Å²) in [6, 6.07) is 8.49. The van der Waals surface area contributed by atoms with E-state index in [2.05, 4.69) is 65.2 Å². The molecule has 1 aromatic carbocycles. The topological polar surface area (TPSA) is 54.5 Å². The molecule has 0 saturated heterocycles. The molecule has 0 radical (unpaired) electrons. The van der Waals surface area contributed by atoms with Crippen LogP contribution in [0.3, 0.4) is 0 Å². The average molecular weight is 252 g/mol. The van der Waals surface area contributed by atoms with Gasteiger partial charge in [0.15, 0.2) is 0 Å². The Morgan fingerprint density at radius 1 is 1.05 bits per heavy atom. The number of nitrogens with one attached hydrogen (secondary N) is 1. The van der Waals surface area contributed by atoms with Gasteiger partial charge in [-0.15, -0.1) is 0 Å². The van der Waals surface area contributed by atoms with Crippen LogP contribution in [0.25, 0.3) is 22.3 Å². The van der Waals surface area contributed by atoms with Gasteiger partial charge in [-0.05, 0) is 11.0 Å². The summed E-state index contributed by atoms with van der Waals surface area (Å²) in [4.78, 5) is 8.27. The first-order valence-corrected chi connectivity index (χ1v) is 6.31. The van der Waals surface area contributed by atoms with Crippen LogP contribution < -0.4 is 0 Å². The lowest BCUT2D eigenvalue weighted by Gasteiger charge is -2.18. The summed E-state index contributed by atoms with van der Waals surface area (Å²) >= 11 is 0. The molecule has 3 rings (SSSR count). The average Bonchev–Trinajstić information content (AvgIpc) is 2.82. The van der Waals surface area contributed by atoms with Crippen molar-refractivity contribution in [1.82, 2.24) is 20.2 Å². The summed E-state index contributed by atoms with van der Waals surface area (Å²) in [6.07, 6.45) is 3.28. The SMILES string of the molecule is CC(C)(C)c1ccc(-c2n[nH]c3cncnc23)cc1. The van der Waals surface area contributed by atoms with Gasteiger partial charge in [-0.1, -0.05) is 45.0 Å². The molecule has 2 heterocycles. The Morgan fingerprint density at radius 2 is 1.79 bits per heavy atom. The fourth-order valence-corrected chi connectivity index (χ4v) is 2.10. The minimum Gasteiger partial charge on any atom is -0.274 e. The summed E-state index contributed by atoms with van der Waals surface area (Å²) in [5.74, 6) is 0. The van der Waals surface area contributed by atoms with Crippen LogP contribution in [0.2, 0.25) is 0 Å². The minimum absolute atomic E-state index is 0.161. The highest BCUT2D eigenvalue weighted by Gasteiger charge is 2.14. The fraction of sp³-hybridized carbons (Fsp3) is 0.267. The normalized spacial score (nSPS) is 11.9. The summed E-state index contributed by atoms with van der Waals surface area (Å²) in [5, 5.41) is 7.29. The van der Waals surface area contributed by atoms with Crippen LogP contribution in [0.1, 0.15) is 26.3 Å². The Hall–Kier alpha value is -2.23. The predicted octanol–water partition coefficient (Wildman–Crippen LogP) is 3.32. The van der Waals surface area contributed by atoms with Gasteiger partial charge in [0.2, 0.25) is 0 Å². The summed E-state index contributed by atoms with van der Waals surface area (Å²) in [7, 11) is 0. The highest BCUT2D eigenvalue weighted by Crippen LogP contribution is 2.27. The molecule has 4 heteroatoms. The van der Waals surface area contributed by atoms with Gasteiger partial charge in [0.05, 0.1) is 6.20 Å². The van der Waals surface area contributed by atoms with Gasteiger partial charge in [0.1, 0.15) is 23.1 Å². The van der Waals surface area contributed by atoms with Crippen LogP contribution in [0, 0.1) is 0 Å². The quantitative estimate of drug-likeness (QED) is 0.722. The molecule has 0 aliphatic carbocycles. The van der Waals surface area contributed by atoms with Gasteiger partial charge in [0, 0.05) is 5.56 Å². The van der Waals surface area contributed by atoms with Gasteiger partial charge >= 0.3 is 0 Å². The molecule has 0 aliphatic heterocycles. The molecule has 19 heavy (non-hydrogen) atoms. The maximum absolute atomic E-state index is 4.33. The van der Waals surface area contributed by atoms with Gasteiger partial charge in [-0.25, -0.2) is 9.97 Å². The van der Waals surface area contributed by atoms with E-state index >= 15 is 0 Å². The molecule has 0 amide bonds. The zero-order chi connectivity index (χ0) is 13.5. The van der Waals surface area contributed by atoms with E-state index in [1.807, 2.05) is 0 Å². The van der Waals surface area contributed by atoms with Crippen LogP contribution in [-0.4, -0.2) is 20.2 Å². The van der Waals surface area contributed by atoms with Crippen molar-refractivity contribution in [3.05, 3.63) is 42.4 Å². The monoisotopic (exact) mass is 252 g/mol. The van der Waals surface area contributed by atoms with Crippen molar-refractivity contribution < 1.29 is 0 Å². The van der Waals surface area contributed by atoms with Crippen molar-refractivity contribution in [2.75, 3.05) is 0 Å². The second-order valence-corrected chi connectivity index (χ2v) is 5.68. The highest BCUT2D eigenvalue weighted by atomic mass is 15.1. The van der Waals surface area contributed by atoms with E-state index in [0.717, 1.165) is 22.3 Å². The third kappa shape index (κ3) is 2.10. The largest absolute Gasteiger partial charge is 0.274 e. The van der Waals surface area contributed by atoms with E-state index in [1.165, 1.54) is 5.56 Å². The molecule has 2 aromatic heterocycles. The van der Waals surface area contributed by atoms with Gasteiger partial charge in [-0.2, -0.15) is 5.10 Å². The molecule has 0 aliphatic rings. The Bertz CT molecular complexity index is 705. The van der Waals surface area contributed by atoms with Crippen LogP contribution in [-0.2, 0) is 5.41 Å². The number of rotatable bonds is 1. The van der Waals surface area contributed by atoms with Crippen molar-refractivity contribution in [3.63, 3.8) is 0 Å². The first-order valence-electron chi connectivity index (χ1n) is 6.31. The molecule has 0 bridgehead atoms. The summed E-state index contributed by atoms with van der Waals surface area (Å²) < 4.78 is 0. The zero-order valence-corrected chi connectivity index (χ0v) is 11.3. The van der Waals surface area contributed by atoms with E-state index in [1.54, 1.807) is 12.5 Å². The summed E-state index contributed by atoms with van der Waals surface area (Å²) in [5.41, 5.74) is 5.13. The number of hydrogen-bond donors (Lipinski definition) is 1. The Labute approximate surface area is 111 Å². The van der Waals surface area contributed by atoms with Crippen molar-refractivity contribution in [2.45, 2.75) is 26.2 Å². The van der Waals surface area contributed by atoms with E-state index in [4.69, 9.17) is 0 Å². The number of hydrogen-bond acceptors (Lipinski definition) is 3. The lowest BCUT2D eigenvalue weighted by atomic mass is 9.86. The number of nitrogens with zero attached hydrogens (tertiary/aromatic N) is 3. The van der Waals surface area contributed by atoms with Crippen molar-refractivity contribution in [2.24, 2.45) is 0 Å². The molecular formula is C15H16N4. The molecule has 0 fully saturated rings. The van der Waals surface area contributed by atoms with Gasteiger partial charge in [-0.3, -0.25) is 5.10 Å². The number of aromatic nitrogens is 4. The maximum Gasteiger partial charge on any atom is 0.119 e. The van der Waals surface area contributed by atoms with E-state index in [-0.39, 0.29) is 5.41 Å². The molecule has 1 N–H and O–H groups in total. The third-order valence-corrected chi connectivity index (χ3v) is 3.25. The van der Waals surface area contributed by atoms with Crippen molar-refractivity contribution in [1.29, 1.82) is 0 Å². The fourth-order valence-electron chi connectivity index (χ4n) is 2.10. The first kappa shape index (κ1) is 11.8. The Morgan fingerprint density at radius 3 is 2.47 bits per heavy atom. The lowest BCUT2D eigenvalue weighted by molar-refractivity contribution is 0.590. The molecular weight excluding hydrogens is 236 g/mol. The highest BCUT2D eigenvalue weighted by molar-refractivity contribution is 5.88. The number of benzene rings is 1. The predicted molar refractivity (Wildman–Crippen MR) is 75.8 cm³/mol. The van der Waals surface area contributed by atoms with Crippen molar-refractivity contribution in [3.8, 4) is 11.3 Å². The first-order chi connectivity index (χ1) is 9.05. The Balaban J connectivity index is 2.07. The van der Waals surface area contributed by atoms with E-state index in [0.29, 0.717) is 0 Å². The molecule has 3 aromatic rings. The third-order valence-electron chi connectivity index (χ3n) is 3.25. The lowest BCUT2D eigenvalue weighted by Crippen LogP contribution is -2.10. The molecule has 0 spiro atoms. The van der Waals surface area contributed by atoms with Crippen LogP contribution in [0.15, 0.2) is 36.8 Å². The number of H-pyrrole nitrogens is 1. The molecule has 0 saturated carbocycles. The smallest absolute Gasteiger partial charge is 0.119 e. The molecule has 4 nitrogen and oxygen atoms in total. The van der Waals surface area contributed by atoms with E-state index < -0.39 is 0 Å². The molecule has 0 atom stereocenters. The number of fused-ring (bicyclic) bond motifs is 1. The van der Waals surface area contributed by atoms with Gasteiger partial charge in [0.25, 0.3) is 0 Å². The van der Waals surface area contributed by atoms with Crippen LogP contribution in [0.4, 0.5) is 0 Å². The van der Waals surface area contributed by atoms with Gasteiger partial charge < -0.3 is 0 Å². The van der Waals surface area contributed by atoms with E-state index in [9.17, 15) is 0 Å². The summed E-state index contributed by atoms with van der Waals surface area (Å²) in [6.45, 7) is 6.62. The molecule has 0 unspecified atom stereocenters. The zero-order valence-electron chi connectivity index (χ0n) is 11.3.